The van der Waals surface area contributed by atoms with E-state index in [1.807, 2.05) is 36.4 Å². The predicted octanol–water partition coefficient (Wildman–Crippen LogP) is 1.92. The highest BCUT2D eigenvalue weighted by Crippen LogP contribution is 1.99. The van der Waals surface area contributed by atoms with Gasteiger partial charge in [0.1, 0.15) is 0 Å². The summed E-state index contributed by atoms with van der Waals surface area (Å²) in [6.45, 7) is -1.70. The van der Waals surface area contributed by atoms with Crippen LogP contribution in [0.3, 0.4) is 0 Å². The second-order valence-electron chi connectivity index (χ2n) is 2.19. The molecule has 0 atom stereocenters. The molecule has 0 saturated carbocycles. The maximum Gasteiger partial charge on any atom is 0.0391 e. The van der Waals surface area contributed by atoms with Crippen LogP contribution in [0.4, 0.5) is 0 Å². The van der Waals surface area contributed by atoms with Gasteiger partial charge in [-0.15, -0.1) is 0 Å². The summed E-state index contributed by atoms with van der Waals surface area (Å²) in [4.78, 5) is 0. The number of hydrogen-bond acceptors (Lipinski definition) is 1. The molecule has 0 aromatic heterocycles. The van der Waals surface area contributed by atoms with Gasteiger partial charge in [0.2, 0.25) is 0 Å². The first-order valence-electron chi connectivity index (χ1n) is 5.04. The monoisotopic (exact) mass is 150 g/mol. The van der Waals surface area contributed by atoms with E-state index in [1.54, 1.807) is 6.08 Å². The molecule has 0 spiro atoms. The predicted molar refractivity (Wildman–Crippen MR) is 49.4 cm³/mol. The lowest BCUT2D eigenvalue weighted by molar-refractivity contribution is 0.922. The molecule has 1 heteroatoms. The lowest BCUT2D eigenvalue weighted by atomic mass is 10.2. The summed E-state index contributed by atoms with van der Waals surface area (Å²) in [6.07, 6.45) is 3.68. The molecule has 1 rings (SSSR count). The van der Waals surface area contributed by atoms with Crippen molar-refractivity contribution >= 4 is 6.08 Å². The summed E-state index contributed by atoms with van der Waals surface area (Å²) in [5.74, 6) is 0. The van der Waals surface area contributed by atoms with Crippen molar-refractivity contribution < 1.29 is 4.11 Å². The van der Waals surface area contributed by atoms with Crippen LogP contribution in [0.2, 0.25) is 0 Å². The van der Waals surface area contributed by atoms with Crippen LogP contribution in [0.1, 0.15) is 9.68 Å². The molecule has 1 N–H and O–H groups in total. The molecule has 58 valence electrons. The normalized spacial score (nSPS) is 15.8. The van der Waals surface area contributed by atoms with E-state index < -0.39 is 6.98 Å². The number of likely N-dealkylation sites (N-methyl/N-ethyl adjacent to an activating group) is 1. The fourth-order valence-electron chi connectivity index (χ4n) is 0.818. The average Bonchev–Trinajstić information content (AvgIpc) is 2.13. The molecule has 0 aliphatic carbocycles. The van der Waals surface area contributed by atoms with Gasteiger partial charge < -0.3 is 5.32 Å². The van der Waals surface area contributed by atoms with Gasteiger partial charge in [0.25, 0.3) is 0 Å². The first-order valence-corrected chi connectivity index (χ1v) is 3.54. The molecule has 1 nitrogen and oxygen atoms in total. The van der Waals surface area contributed by atoms with Crippen molar-refractivity contribution in [3.63, 3.8) is 0 Å². The van der Waals surface area contributed by atoms with Crippen LogP contribution in [-0.2, 0) is 0 Å². The molecule has 0 radical (unpaired) electrons. The number of nitrogens with one attached hydrogen (secondary N) is 1. The van der Waals surface area contributed by atoms with Gasteiger partial charge in [0.05, 0.1) is 0 Å². The summed E-state index contributed by atoms with van der Waals surface area (Å²) in [5.41, 5.74) is 1.07. The second-order valence-corrected chi connectivity index (χ2v) is 2.19. The molecule has 0 heterocycles. The lowest BCUT2D eigenvalue weighted by Crippen LogP contribution is -2.03. The Bertz CT molecular complexity index is 290. The fourth-order valence-corrected chi connectivity index (χ4v) is 0.818. The van der Waals surface area contributed by atoms with Crippen molar-refractivity contribution in [2.75, 3.05) is 13.5 Å². The SMILES string of the molecule is [2H]C([2H])([2H])NC/C=C/c1ccccc1. The zero-order chi connectivity index (χ0) is 10.4. The van der Waals surface area contributed by atoms with Gasteiger partial charge in [-0.2, -0.15) is 0 Å². The van der Waals surface area contributed by atoms with Gasteiger partial charge in [0, 0.05) is 10.7 Å². The van der Waals surface area contributed by atoms with E-state index in [-0.39, 0.29) is 0 Å². The van der Waals surface area contributed by atoms with Crippen molar-refractivity contribution in [1.29, 1.82) is 0 Å². The molecular weight excluding hydrogens is 134 g/mol. The van der Waals surface area contributed by atoms with Crippen LogP contribution < -0.4 is 5.32 Å². The lowest BCUT2D eigenvalue weighted by Gasteiger charge is -1.90. The van der Waals surface area contributed by atoms with E-state index in [0.29, 0.717) is 6.54 Å². The third-order valence-corrected chi connectivity index (χ3v) is 1.33. The minimum atomic E-state index is -2.05. The van der Waals surface area contributed by atoms with Gasteiger partial charge in [-0.1, -0.05) is 42.5 Å². The van der Waals surface area contributed by atoms with Crippen LogP contribution in [0.15, 0.2) is 36.4 Å². The quantitative estimate of drug-likeness (QED) is 0.694. The molecule has 1 aromatic rings. The molecule has 1 aromatic carbocycles. The molecule has 0 fully saturated rings. The van der Waals surface area contributed by atoms with Crippen molar-refractivity contribution in [1.82, 2.24) is 5.32 Å². The summed E-state index contributed by atoms with van der Waals surface area (Å²) in [7, 11) is 0. The first-order chi connectivity index (χ1) is 6.58. The minimum Gasteiger partial charge on any atom is -0.316 e. The second kappa shape index (κ2) is 4.69. The van der Waals surface area contributed by atoms with Crippen LogP contribution in [0.5, 0.6) is 0 Å². The van der Waals surface area contributed by atoms with E-state index >= 15 is 0 Å². The molecule has 11 heavy (non-hydrogen) atoms. The molecule has 0 aliphatic heterocycles. The van der Waals surface area contributed by atoms with E-state index in [0.717, 1.165) is 5.56 Å². The first kappa shape index (κ1) is 4.73. The van der Waals surface area contributed by atoms with E-state index in [2.05, 4.69) is 5.32 Å². The Morgan fingerprint density at radius 3 is 3.00 bits per heavy atom. The Kier molecular flexibility index (Phi) is 2.02. The van der Waals surface area contributed by atoms with Crippen LogP contribution in [-0.4, -0.2) is 13.5 Å². The zero-order valence-electron chi connectivity index (χ0n) is 9.25. The van der Waals surface area contributed by atoms with Gasteiger partial charge >= 0.3 is 0 Å². The van der Waals surface area contributed by atoms with Crippen LogP contribution >= 0.6 is 0 Å². The smallest absolute Gasteiger partial charge is 0.0391 e. The van der Waals surface area contributed by atoms with Crippen molar-refractivity contribution in [3.05, 3.63) is 42.0 Å². The largest absolute Gasteiger partial charge is 0.316 e. The summed E-state index contributed by atoms with van der Waals surface area (Å²) >= 11 is 0. The molecule has 0 bridgehead atoms. The Hall–Kier alpha value is -1.08. The Morgan fingerprint density at radius 2 is 2.27 bits per heavy atom. The highest BCUT2D eigenvalue weighted by molar-refractivity contribution is 5.48. The van der Waals surface area contributed by atoms with E-state index in [4.69, 9.17) is 4.11 Å². The van der Waals surface area contributed by atoms with Gasteiger partial charge in [0.15, 0.2) is 0 Å². The Labute approximate surface area is 72.0 Å². The number of benzene rings is 1. The van der Waals surface area contributed by atoms with Gasteiger partial charge in [-0.3, -0.25) is 0 Å². The zero-order valence-corrected chi connectivity index (χ0v) is 6.25. The maximum absolute atomic E-state index is 6.90. The highest BCUT2D eigenvalue weighted by atomic mass is 14.8. The summed E-state index contributed by atoms with van der Waals surface area (Å²) in [5, 5.41) is 2.41. The third kappa shape index (κ3) is 3.01. The average molecular weight is 150 g/mol. The maximum atomic E-state index is 6.90. The highest BCUT2D eigenvalue weighted by Gasteiger charge is 1.79. The fraction of sp³-hybridized carbons (Fsp3) is 0.200. The van der Waals surface area contributed by atoms with Crippen molar-refractivity contribution in [2.24, 2.45) is 0 Å². The van der Waals surface area contributed by atoms with Crippen LogP contribution in [0.25, 0.3) is 6.08 Å². The van der Waals surface area contributed by atoms with E-state index in [1.165, 1.54) is 0 Å². The third-order valence-electron chi connectivity index (χ3n) is 1.33. The van der Waals surface area contributed by atoms with E-state index in [9.17, 15) is 0 Å². The van der Waals surface area contributed by atoms with Crippen molar-refractivity contribution in [2.45, 2.75) is 0 Å². The molecular formula is C10H13N. The topological polar surface area (TPSA) is 12.0 Å². The summed E-state index contributed by atoms with van der Waals surface area (Å²) < 4.78 is 20.7. The Morgan fingerprint density at radius 1 is 1.45 bits per heavy atom. The minimum absolute atomic E-state index is 0.353. The summed E-state index contributed by atoms with van der Waals surface area (Å²) in [6, 6.07) is 9.75. The van der Waals surface area contributed by atoms with Gasteiger partial charge in [-0.25, -0.2) is 0 Å². The number of hydrogen-bond donors (Lipinski definition) is 1. The molecule has 0 aliphatic rings. The molecule has 0 saturated heterocycles. The molecule has 0 amide bonds. The standard InChI is InChI=1S/C10H13N/c1-11-9-5-8-10-6-3-2-4-7-10/h2-8,11H,9H2,1H3/b8-5+/i1D3. The van der Waals surface area contributed by atoms with Gasteiger partial charge in [-0.05, 0) is 12.5 Å². The number of rotatable bonds is 3. The van der Waals surface area contributed by atoms with Crippen LogP contribution in [0, 0.1) is 0 Å². The Balaban J connectivity index is 2.35. The van der Waals surface area contributed by atoms with Crippen molar-refractivity contribution in [3.8, 4) is 0 Å². The molecule has 0 unspecified atom stereocenters.